The van der Waals surface area contributed by atoms with Gasteiger partial charge in [-0.25, -0.2) is 17.2 Å². The molecule has 1 aliphatic carbocycles. The molecule has 240 valence electrons. The number of phenolic OH excluding ortho intramolecular Hbond substituents is 1. The number of allylic oxidation sites excluding steroid dienone is 2. The van der Waals surface area contributed by atoms with Crippen LogP contribution in [0.15, 0.2) is 36.4 Å². The van der Waals surface area contributed by atoms with Crippen molar-refractivity contribution in [3.63, 3.8) is 0 Å². The zero-order chi connectivity index (χ0) is 31.8. The lowest BCUT2D eigenvalue weighted by molar-refractivity contribution is -0.282. The molecule has 2 aromatic rings. The lowest BCUT2D eigenvalue weighted by Gasteiger charge is -2.19. The fourth-order valence-corrected chi connectivity index (χ4v) is 6.72. The van der Waals surface area contributed by atoms with E-state index in [0.717, 1.165) is 48.0 Å². The third-order valence-electron chi connectivity index (χ3n) is 7.81. The summed E-state index contributed by atoms with van der Waals surface area (Å²) < 4.78 is 115. The molecule has 12 heteroatoms. The van der Waals surface area contributed by atoms with Crippen LogP contribution in [-0.4, -0.2) is 62.2 Å². The molecule has 4 nitrogen and oxygen atoms in total. The SMILES string of the molecule is CN(CCCCCCC1=C(c2ccc(F)cc2)CCCc2c1ccc(O)c2F)CCCS(=O)(=O)CCC(F)(F)C(F)(F)F. The first-order valence-corrected chi connectivity index (χ1v) is 16.3. The third-order valence-corrected chi connectivity index (χ3v) is 9.55. The van der Waals surface area contributed by atoms with Crippen LogP contribution in [0.3, 0.4) is 0 Å². The van der Waals surface area contributed by atoms with Crippen molar-refractivity contribution in [1.29, 1.82) is 0 Å². The van der Waals surface area contributed by atoms with Crippen LogP contribution in [0.4, 0.5) is 30.7 Å². The van der Waals surface area contributed by atoms with Gasteiger partial charge in [-0.1, -0.05) is 31.0 Å². The number of alkyl halides is 5. The Bertz CT molecular complexity index is 1360. The van der Waals surface area contributed by atoms with Crippen molar-refractivity contribution in [3.05, 3.63) is 64.7 Å². The Morgan fingerprint density at radius 2 is 1.49 bits per heavy atom. The molecule has 0 bridgehead atoms. The summed E-state index contributed by atoms with van der Waals surface area (Å²) in [6.07, 6.45) is -1.52. The van der Waals surface area contributed by atoms with Crippen LogP contribution in [0.5, 0.6) is 5.75 Å². The molecule has 0 aliphatic heterocycles. The molecule has 0 aromatic heterocycles. The van der Waals surface area contributed by atoms with Gasteiger partial charge in [-0.15, -0.1) is 0 Å². The zero-order valence-corrected chi connectivity index (χ0v) is 24.9. The highest BCUT2D eigenvalue weighted by molar-refractivity contribution is 7.91. The van der Waals surface area contributed by atoms with Crippen molar-refractivity contribution in [2.45, 2.75) is 76.3 Å². The largest absolute Gasteiger partial charge is 0.505 e. The number of phenols is 1. The highest BCUT2D eigenvalue weighted by Crippen LogP contribution is 2.41. The molecule has 1 aliphatic rings. The van der Waals surface area contributed by atoms with E-state index in [-0.39, 0.29) is 18.0 Å². The van der Waals surface area contributed by atoms with E-state index in [9.17, 15) is 44.3 Å². The van der Waals surface area contributed by atoms with Gasteiger partial charge in [0.1, 0.15) is 5.82 Å². The number of rotatable bonds is 15. The number of fused-ring (bicyclic) bond motifs is 1. The van der Waals surface area contributed by atoms with Crippen molar-refractivity contribution in [2.75, 3.05) is 31.6 Å². The van der Waals surface area contributed by atoms with Gasteiger partial charge in [-0.2, -0.15) is 22.0 Å². The van der Waals surface area contributed by atoms with E-state index in [1.807, 2.05) is 4.90 Å². The molecule has 0 unspecified atom stereocenters. The normalized spacial score (nSPS) is 14.7. The Balaban J connectivity index is 1.48. The number of benzene rings is 2. The minimum atomic E-state index is -5.77. The molecule has 0 spiro atoms. The molecular weight excluding hydrogens is 599 g/mol. The molecule has 0 radical (unpaired) electrons. The van der Waals surface area contributed by atoms with Crippen molar-refractivity contribution >= 4 is 21.0 Å². The standard InChI is InChI=1S/C31H38F7NO3S/c1-39(19-7-20-43(41,42)21-17-30(34,35)31(36,37)38)18-5-3-2-4-8-25-24(22-11-13-23(32)14-12-22)9-6-10-27-26(25)15-16-28(40)29(27)33/h11-16,40H,2-10,17-21H2,1H3. The fraction of sp³-hybridized carbons (Fsp3) is 0.548. The van der Waals surface area contributed by atoms with Gasteiger partial charge >= 0.3 is 12.1 Å². The van der Waals surface area contributed by atoms with Crippen LogP contribution in [0.1, 0.15) is 74.5 Å². The van der Waals surface area contributed by atoms with E-state index in [4.69, 9.17) is 0 Å². The number of nitrogens with zero attached hydrogens (tertiary/aromatic N) is 1. The maximum atomic E-state index is 14.8. The number of sulfone groups is 1. The third kappa shape index (κ3) is 9.96. The van der Waals surface area contributed by atoms with E-state index in [1.165, 1.54) is 18.2 Å². The van der Waals surface area contributed by atoms with E-state index < -0.39 is 45.7 Å². The van der Waals surface area contributed by atoms with Crippen LogP contribution in [0.25, 0.3) is 11.1 Å². The molecule has 0 heterocycles. The molecular formula is C31H38F7NO3S. The molecule has 43 heavy (non-hydrogen) atoms. The van der Waals surface area contributed by atoms with Crippen molar-refractivity contribution < 1.29 is 44.3 Å². The molecule has 0 amide bonds. The van der Waals surface area contributed by atoms with Crippen LogP contribution >= 0.6 is 0 Å². The Labute approximate surface area is 248 Å². The maximum Gasteiger partial charge on any atom is 0.453 e. The first-order valence-electron chi connectivity index (χ1n) is 14.4. The highest BCUT2D eigenvalue weighted by Gasteiger charge is 2.57. The predicted octanol–water partition coefficient (Wildman–Crippen LogP) is 8.19. The van der Waals surface area contributed by atoms with Crippen LogP contribution in [-0.2, 0) is 16.3 Å². The van der Waals surface area contributed by atoms with Crippen molar-refractivity contribution in [2.24, 2.45) is 0 Å². The molecule has 0 saturated heterocycles. The minimum Gasteiger partial charge on any atom is -0.505 e. The number of aromatic hydroxyl groups is 1. The average molecular weight is 638 g/mol. The Morgan fingerprint density at radius 3 is 2.16 bits per heavy atom. The van der Waals surface area contributed by atoms with Crippen LogP contribution in [0, 0.1) is 11.6 Å². The predicted molar refractivity (Wildman–Crippen MR) is 154 cm³/mol. The van der Waals surface area contributed by atoms with Gasteiger partial charge < -0.3 is 10.0 Å². The highest BCUT2D eigenvalue weighted by atomic mass is 32.2. The minimum absolute atomic E-state index is 0.127. The Kier molecular flexibility index (Phi) is 12.1. The van der Waals surface area contributed by atoms with Crippen LogP contribution < -0.4 is 0 Å². The Morgan fingerprint density at radius 1 is 0.837 bits per heavy atom. The summed E-state index contributed by atoms with van der Waals surface area (Å²) >= 11 is 0. The van der Waals surface area contributed by atoms with E-state index >= 15 is 0 Å². The van der Waals surface area contributed by atoms with Crippen molar-refractivity contribution in [3.8, 4) is 5.75 Å². The molecule has 0 fully saturated rings. The first-order chi connectivity index (χ1) is 20.1. The van der Waals surface area contributed by atoms with Gasteiger partial charge in [0, 0.05) is 6.42 Å². The topological polar surface area (TPSA) is 57.6 Å². The van der Waals surface area contributed by atoms with Gasteiger partial charge in [0.15, 0.2) is 21.4 Å². The van der Waals surface area contributed by atoms with E-state index in [0.29, 0.717) is 44.3 Å². The fourth-order valence-electron chi connectivity index (χ4n) is 5.38. The second kappa shape index (κ2) is 14.9. The summed E-state index contributed by atoms with van der Waals surface area (Å²) in [5.74, 6) is -8.04. The molecule has 0 atom stereocenters. The smallest absolute Gasteiger partial charge is 0.453 e. The molecule has 1 N–H and O–H groups in total. The van der Waals surface area contributed by atoms with Gasteiger partial charge in [0.25, 0.3) is 0 Å². The quantitative estimate of drug-likeness (QED) is 0.158. The zero-order valence-electron chi connectivity index (χ0n) is 24.1. The van der Waals surface area contributed by atoms with Crippen LogP contribution in [0.2, 0.25) is 0 Å². The number of hydrogen-bond donors (Lipinski definition) is 1. The summed E-state index contributed by atoms with van der Waals surface area (Å²) in [5.41, 5.74) is 4.18. The monoisotopic (exact) mass is 637 g/mol. The van der Waals surface area contributed by atoms with E-state index in [1.54, 1.807) is 25.2 Å². The molecule has 2 aromatic carbocycles. The van der Waals surface area contributed by atoms with Gasteiger partial charge in [0.05, 0.1) is 11.5 Å². The summed E-state index contributed by atoms with van der Waals surface area (Å²) in [6, 6.07) is 9.37. The lowest BCUT2D eigenvalue weighted by atomic mass is 9.89. The molecule has 0 saturated carbocycles. The number of halogens is 7. The second-order valence-corrected chi connectivity index (χ2v) is 13.5. The van der Waals surface area contributed by atoms with E-state index in [2.05, 4.69) is 0 Å². The van der Waals surface area contributed by atoms with Crippen molar-refractivity contribution in [1.82, 2.24) is 4.90 Å². The molecule has 3 rings (SSSR count). The van der Waals surface area contributed by atoms with Gasteiger partial charge in [0.2, 0.25) is 0 Å². The number of hydrogen-bond acceptors (Lipinski definition) is 4. The van der Waals surface area contributed by atoms with Gasteiger partial charge in [-0.05, 0) is 111 Å². The van der Waals surface area contributed by atoms with Gasteiger partial charge in [-0.3, -0.25) is 0 Å². The lowest BCUT2D eigenvalue weighted by Crippen LogP contribution is -2.38. The summed E-state index contributed by atoms with van der Waals surface area (Å²) in [6.45, 7) is 1.01. The summed E-state index contributed by atoms with van der Waals surface area (Å²) in [4.78, 5) is 1.89. The number of unbranched alkanes of at least 4 members (excludes halogenated alkanes) is 3. The first kappa shape index (κ1) is 34.9. The maximum absolute atomic E-state index is 14.8. The Hall–Kier alpha value is -2.60. The average Bonchev–Trinajstić information content (AvgIpc) is 3.11. The summed E-state index contributed by atoms with van der Waals surface area (Å²) in [7, 11) is -2.25. The summed E-state index contributed by atoms with van der Waals surface area (Å²) in [5, 5.41) is 9.93. The second-order valence-electron chi connectivity index (χ2n) is 11.2.